The first-order valence-electron chi connectivity index (χ1n) is 7.00. The Balaban J connectivity index is 2.40. The molecule has 3 rings (SSSR count). The van der Waals surface area contributed by atoms with E-state index in [1.807, 2.05) is 0 Å². The van der Waals surface area contributed by atoms with Crippen molar-refractivity contribution in [3.63, 3.8) is 0 Å². The Hall–Kier alpha value is -2.03. The molecule has 0 bridgehead atoms. The maximum Gasteiger partial charge on any atom is 0.305 e. The van der Waals surface area contributed by atoms with Crippen LogP contribution in [0.3, 0.4) is 0 Å². The summed E-state index contributed by atoms with van der Waals surface area (Å²) in [7, 11) is 6.44. The quantitative estimate of drug-likeness (QED) is 0.602. The van der Waals surface area contributed by atoms with Gasteiger partial charge in [-0.3, -0.25) is 0 Å². The maximum atomic E-state index is 2.30. The third-order valence-corrected chi connectivity index (χ3v) is 4.65. The Morgan fingerprint density at radius 2 is 1.70 bits per heavy atom. The third-order valence-electron chi connectivity index (χ3n) is 4.65. The van der Waals surface area contributed by atoms with Crippen LogP contribution in [-0.4, -0.2) is 9.13 Å². The lowest BCUT2D eigenvalue weighted by Crippen LogP contribution is -2.33. The van der Waals surface area contributed by atoms with Gasteiger partial charge in [0.05, 0.1) is 19.6 Å². The van der Waals surface area contributed by atoms with Crippen molar-refractivity contribution in [1.29, 1.82) is 0 Å². The molecular formula is C17H22N3+. The second-order valence-corrected chi connectivity index (χ2v) is 5.71. The van der Waals surface area contributed by atoms with Crippen molar-refractivity contribution >= 4 is 10.9 Å². The minimum Gasteiger partial charge on any atom is -0.337 e. The molecule has 1 aromatic carbocycles. The van der Waals surface area contributed by atoms with E-state index in [2.05, 4.69) is 79.9 Å². The molecule has 0 amide bonds. The smallest absolute Gasteiger partial charge is 0.305 e. The zero-order valence-corrected chi connectivity index (χ0v) is 13.2. The minimum atomic E-state index is 1.25. The molecule has 0 unspecified atom stereocenters. The van der Waals surface area contributed by atoms with Gasteiger partial charge in [0.1, 0.15) is 17.1 Å². The van der Waals surface area contributed by atoms with Crippen LogP contribution in [0.25, 0.3) is 22.4 Å². The molecule has 0 radical (unpaired) electrons. The van der Waals surface area contributed by atoms with Crippen molar-refractivity contribution in [2.75, 3.05) is 0 Å². The first kappa shape index (κ1) is 13.0. The molecule has 2 aromatic heterocycles. The van der Waals surface area contributed by atoms with Gasteiger partial charge in [0, 0.05) is 26.3 Å². The Bertz CT molecular complexity index is 793. The van der Waals surface area contributed by atoms with Crippen LogP contribution in [0, 0.1) is 20.8 Å². The van der Waals surface area contributed by atoms with Gasteiger partial charge in [-0.25, -0.2) is 9.13 Å². The van der Waals surface area contributed by atoms with Gasteiger partial charge in [0.25, 0.3) is 0 Å². The normalized spacial score (nSPS) is 11.5. The summed E-state index contributed by atoms with van der Waals surface area (Å²) in [6.07, 6.45) is 0. The van der Waals surface area contributed by atoms with Crippen molar-refractivity contribution in [3.05, 3.63) is 41.2 Å². The standard InChI is InChI=1S/C17H22N3/c1-11-8-7-9-14-10-15(20(6)16(11)14)17-18(4)12(2)13(3)19(17)5/h7-10H,1-6H3/q+1. The first-order chi connectivity index (χ1) is 9.43. The summed E-state index contributed by atoms with van der Waals surface area (Å²) in [4.78, 5) is 0. The van der Waals surface area contributed by atoms with Crippen molar-refractivity contribution in [3.8, 4) is 11.5 Å². The predicted molar refractivity (Wildman–Crippen MR) is 82.7 cm³/mol. The van der Waals surface area contributed by atoms with E-state index in [0.717, 1.165) is 0 Å². The van der Waals surface area contributed by atoms with Gasteiger partial charge >= 0.3 is 5.82 Å². The SMILES string of the molecule is Cc1cccc2cc(-c3n(C)c(C)c(C)[n+]3C)n(C)c12. The van der Waals surface area contributed by atoms with Crippen LogP contribution < -0.4 is 4.57 Å². The van der Waals surface area contributed by atoms with Crippen molar-refractivity contribution in [1.82, 2.24) is 9.13 Å². The molecule has 0 saturated heterocycles. The molecule has 104 valence electrons. The van der Waals surface area contributed by atoms with Crippen LogP contribution >= 0.6 is 0 Å². The molecule has 0 saturated carbocycles. The fourth-order valence-corrected chi connectivity index (χ4v) is 3.21. The number of para-hydroxylation sites is 1. The molecule has 20 heavy (non-hydrogen) atoms. The molecule has 2 heterocycles. The number of hydrogen-bond donors (Lipinski definition) is 0. The molecule has 0 atom stereocenters. The summed E-state index contributed by atoms with van der Waals surface area (Å²) < 4.78 is 6.86. The summed E-state index contributed by atoms with van der Waals surface area (Å²) in [6.45, 7) is 6.52. The van der Waals surface area contributed by atoms with E-state index < -0.39 is 0 Å². The average molecular weight is 268 g/mol. The number of imidazole rings is 1. The van der Waals surface area contributed by atoms with Crippen LogP contribution in [0.5, 0.6) is 0 Å². The molecule has 0 aliphatic carbocycles. The van der Waals surface area contributed by atoms with Gasteiger partial charge in [-0.2, -0.15) is 0 Å². The van der Waals surface area contributed by atoms with Crippen LogP contribution in [0.15, 0.2) is 24.3 Å². The highest BCUT2D eigenvalue weighted by Gasteiger charge is 2.25. The molecule has 3 heteroatoms. The molecule has 0 fully saturated rings. The topological polar surface area (TPSA) is 13.7 Å². The highest BCUT2D eigenvalue weighted by atomic mass is 15.2. The van der Waals surface area contributed by atoms with Gasteiger partial charge in [0.15, 0.2) is 0 Å². The fraction of sp³-hybridized carbons (Fsp3) is 0.353. The average Bonchev–Trinajstić information content (AvgIpc) is 2.83. The van der Waals surface area contributed by atoms with Crippen molar-refractivity contribution < 1.29 is 4.57 Å². The number of hydrogen-bond acceptors (Lipinski definition) is 0. The van der Waals surface area contributed by atoms with E-state index in [0.29, 0.717) is 0 Å². The number of rotatable bonds is 1. The number of aromatic nitrogens is 3. The largest absolute Gasteiger partial charge is 0.337 e. The number of aryl methyl sites for hydroxylation is 2. The number of fused-ring (bicyclic) bond motifs is 1. The van der Waals surface area contributed by atoms with Gasteiger partial charge in [-0.05, 0) is 18.6 Å². The van der Waals surface area contributed by atoms with E-state index in [4.69, 9.17) is 0 Å². The Morgan fingerprint density at radius 3 is 2.25 bits per heavy atom. The van der Waals surface area contributed by atoms with E-state index in [1.54, 1.807) is 0 Å². The first-order valence-corrected chi connectivity index (χ1v) is 7.00. The van der Waals surface area contributed by atoms with Gasteiger partial charge < -0.3 is 4.57 Å². The van der Waals surface area contributed by atoms with Gasteiger partial charge in [-0.15, -0.1) is 0 Å². The minimum absolute atomic E-state index is 1.25. The van der Waals surface area contributed by atoms with E-state index in [1.165, 1.54) is 39.4 Å². The Labute approximate surface area is 120 Å². The molecule has 0 aliphatic heterocycles. The second kappa shape index (κ2) is 4.23. The lowest BCUT2D eigenvalue weighted by molar-refractivity contribution is -0.666. The summed E-state index contributed by atoms with van der Waals surface area (Å²) in [5.74, 6) is 1.25. The monoisotopic (exact) mass is 268 g/mol. The zero-order valence-electron chi connectivity index (χ0n) is 13.2. The van der Waals surface area contributed by atoms with Gasteiger partial charge in [0.2, 0.25) is 0 Å². The van der Waals surface area contributed by atoms with Crippen LogP contribution in [-0.2, 0) is 21.1 Å². The number of benzene rings is 1. The molecule has 0 spiro atoms. The maximum absolute atomic E-state index is 2.30. The summed E-state index contributed by atoms with van der Waals surface area (Å²) in [5, 5.41) is 1.30. The Morgan fingerprint density at radius 1 is 1.00 bits per heavy atom. The molecular weight excluding hydrogens is 246 g/mol. The van der Waals surface area contributed by atoms with Crippen LogP contribution in [0.4, 0.5) is 0 Å². The summed E-state index contributed by atoms with van der Waals surface area (Å²) in [6, 6.07) is 8.78. The highest BCUT2D eigenvalue weighted by molar-refractivity contribution is 5.88. The molecule has 3 aromatic rings. The van der Waals surface area contributed by atoms with Crippen LogP contribution in [0.1, 0.15) is 17.0 Å². The van der Waals surface area contributed by atoms with E-state index in [9.17, 15) is 0 Å². The lowest BCUT2D eigenvalue weighted by atomic mass is 10.2. The van der Waals surface area contributed by atoms with Crippen molar-refractivity contribution in [2.24, 2.45) is 21.1 Å². The van der Waals surface area contributed by atoms with E-state index >= 15 is 0 Å². The zero-order chi connectivity index (χ0) is 14.6. The van der Waals surface area contributed by atoms with Gasteiger partial charge in [-0.1, -0.05) is 18.2 Å². The van der Waals surface area contributed by atoms with Crippen molar-refractivity contribution in [2.45, 2.75) is 20.8 Å². The third kappa shape index (κ3) is 1.56. The Kier molecular flexibility index (Phi) is 2.75. The number of nitrogens with zero attached hydrogens (tertiary/aromatic N) is 3. The fourth-order valence-electron chi connectivity index (χ4n) is 3.21. The van der Waals surface area contributed by atoms with E-state index in [-0.39, 0.29) is 0 Å². The molecule has 0 N–H and O–H groups in total. The summed E-state index contributed by atoms with van der Waals surface area (Å²) >= 11 is 0. The molecule has 0 aliphatic rings. The highest BCUT2D eigenvalue weighted by Crippen LogP contribution is 2.28. The lowest BCUT2D eigenvalue weighted by Gasteiger charge is -2.04. The summed E-state index contributed by atoms with van der Waals surface area (Å²) in [5.41, 5.74) is 6.52. The predicted octanol–water partition coefficient (Wildman–Crippen LogP) is 2.93. The van der Waals surface area contributed by atoms with Crippen LogP contribution in [0.2, 0.25) is 0 Å². The second-order valence-electron chi connectivity index (χ2n) is 5.71. The molecule has 3 nitrogen and oxygen atoms in total.